The van der Waals surface area contributed by atoms with E-state index in [0.29, 0.717) is 76.3 Å². The first kappa shape index (κ1) is 52.6. The molecule has 1 spiro atoms. The van der Waals surface area contributed by atoms with Crippen LogP contribution in [-0.2, 0) is 52.8 Å². The number of aromatic nitrogens is 3. The smallest absolute Gasteiger partial charge is 0.324 e. The Morgan fingerprint density at radius 1 is 1.07 bits per heavy atom. The molecular weight excluding hydrogens is 931 g/mol. The maximum absolute atomic E-state index is 14.8. The van der Waals surface area contributed by atoms with E-state index in [4.69, 9.17) is 19.4 Å². The zero-order chi connectivity index (χ0) is 51.9. The highest BCUT2D eigenvalue weighted by molar-refractivity contribution is 7.10. The zero-order valence-corrected chi connectivity index (χ0v) is 44.8. The first-order chi connectivity index (χ1) is 34.2. The topological polar surface area (TPSA) is 172 Å². The summed E-state index contributed by atoms with van der Waals surface area (Å²) in [4.78, 5) is 86.6. The number of piperidine rings is 1. The lowest BCUT2D eigenvalue weighted by Crippen LogP contribution is -2.62. The molecule has 4 atom stereocenters. The van der Waals surface area contributed by atoms with E-state index in [1.807, 2.05) is 65.1 Å². The second kappa shape index (κ2) is 21.0. The number of ether oxygens (including phenoxy) is 2. The largest absolute Gasteiger partial charge is 0.464 e. The Balaban J connectivity index is 1.10. The van der Waals surface area contributed by atoms with E-state index in [1.165, 1.54) is 16.3 Å². The maximum atomic E-state index is 14.8. The minimum atomic E-state index is -1.07. The summed E-state index contributed by atoms with van der Waals surface area (Å²) in [6.45, 7) is 18.4. The molecule has 3 fully saturated rings. The number of carbonyl (C=O) groups is 5. The fourth-order valence-corrected chi connectivity index (χ4v) is 11.6. The van der Waals surface area contributed by atoms with Crippen molar-refractivity contribution in [2.45, 2.75) is 137 Å². The monoisotopic (exact) mass is 1000 g/mol. The third kappa shape index (κ3) is 10.6. The molecule has 4 aliphatic heterocycles. The number of carbonyl (C=O) groups excluding carboxylic acids is 5. The summed E-state index contributed by atoms with van der Waals surface area (Å²) in [5.41, 5.74) is 8.15. The van der Waals surface area contributed by atoms with Crippen LogP contribution in [-0.4, -0.2) is 141 Å². The number of pyridine rings is 1. The van der Waals surface area contributed by atoms with Crippen LogP contribution in [0.1, 0.15) is 110 Å². The zero-order valence-electron chi connectivity index (χ0n) is 44.0. The Labute approximate surface area is 428 Å². The third-order valence-electron chi connectivity index (χ3n) is 15.5. The van der Waals surface area contributed by atoms with Gasteiger partial charge < -0.3 is 29.2 Å². The first-order valence-corrected chi connectivity index (χ1v) is 26.5. The molecule has 0 saturated carbocycles. The van der Waals surface area contributed by atoms with Gasteiger partial charge in [0, 0.05) is 85.3 Å². The van der Waals surface area contributed by atoms with Gasteiger partial charge in [0.15, 0.2) is 0 Å². The van der Waals surface area contributed by atoms with E-state index < -0.39 is 52.3 Å². The van der Waals surface area contributed by atoms with Crippen LogP contribution in [0.15, 0.2) is 41.9 Å². The summed E-state index contributed by atoms with van der Waals surface area (Å²) in [5, 5.41) is 8.24. The van der Waals surface area contributed by atoms with Crippen LogP contribution in [0.2, 0.25) is 0 Å². The molecular formula is C55H73N9O7S. The molecule has 386 valence electrons. The van der Waals surface area contributed by atoms with E-state index in [2.05, 4.69) is 72.2 Å². The Bertz CT molecular complexity index is 2780. The molecule has 0 radical (unpaired) electrons. The van der Waals surface area contributed by atoms with Crippen molar-refractivity contribution in [1.29, 1.82) is 0 Å². The number of esters is 1. The first-order valence-electron chi connectivity index (χ1n) is 25.6. The lowest BCUT2D eigenvalue weighted by Gasteiger charge is -2.39. The van der Waals surface area contributed by atoms with Gasteiger partial charge in [-0.1, -0.05) is 39.7 Å². The predicted octanol–water partition coefficient (Wildman–Crippen LogP) is 6.41. The van der Waals surface area contributed by atoms with E-state index >= 15 is 0 Å². The number of fused-ring (bicyclic) bond motifs is 6. The van der Waals surface area contributed by atoms with Gasteiger partial charge in [-0.3, -0.25) is 38.9 Å². The second-order valence-electron chi connectivity index (χ2n) is 22.0. The number of nitrogens with zero attached hydrogens (tertiary/aromatic N) is 7. The van der Waals surface area contributed by atoms with Crippen molar-refractivity contribution in [2.75, 3.05) is 54.0 Å². The Kier molecular flexibility index (Phi) is 15.4. The van der Waals surface area contributed by atoms with Crippen LogP contribution in [0.5, 0.6) is 0 Å². The standard InChI is InChI=1S/C55H73N9O7S/c1-12-62-43-18-17-36-29-38(43)39(48(62)37-15-13-24-56-46(37)35(4)70-11)31-53(5,6)33-71-51(68)40-16-14-25-64(59-40)50(67)41(30-44-57-42(36)32-72-44)58-49(66)47(34(2)3)63-28-23-55(52(63)69)21-26-61(27-22-55)45(65)19-20-54(7,8)60(9)10/h13,15,17-18,24,29,32,34-35,40-41,47,59H,12,14,16,21-23,25-28,30-31,33H2,1-11H3,(H,58,66)/t35-,40-,41-,47?/m0/s1. The van der Waals surface area contributed by atoms with Gasteiger partial charge in [-0.05, 0) is 122 Å². The molecule has 3 saturated heterocycles. The number of aryl methyl sites for hydroxylation is 1. The summed E-state index contributed by atoms with van der Waals surface area (Å²) in [6, 6.07) is 7.73. The number of likely N-dealkylation sites (tertiary alicyclic amines) is 2. The summed E-state index contributed by atoms with van der Waals surface area (Å²) < 4.78 is 14.3. The Hall–Kier alpha value is -5.67. The molecule has 4 aliphatic rings. The highest BCUT2D eigenvalue weighted by Crippen LogP contribution is 2.44. The Morgan fingerprint density at radius 2 is 1.81 bits per heavy atom. The minimum absolute atomic E-state index is 0.0865. The van der Waals surface area contributed by atoms with Gasteiger partial charge in [0.1, 0.15) is 18.1 Å². The molecule has 8 rings (SSSR count). The van der Waals surface area contributed by atoms with Gasteiger partial charge in [-0.2, -0.15) is 0 Å². The number of rotatable bonds is 9. The van der Waals surface area contributed by atoms with E-state index in [0.717, 1.165) is 44.7 Å². The second-order valence-corrected chi connectivity index (χ2v) is 22.9. The minimum Gasteiger partial charge on any atom is -0.464 e. The lowest BCUT2D eigenvalue weighted by molar-refractivity contribution is -0.155. The number of methoxy groups -OCH3 is 1. The number of cyclic esters (lactones) is 1. The van der Waals surface area contributed by atoms with Gasteiger partial charge in [-0.25, -0.2) is 10.4 Å². The lowest BCUT2D eigenvalue weighted by atomic mass is 9.77. The van der Waals surface area contributed by atoms with Gasteiger partial charge in [0.25, 0.3) is 11.8 Å². The van der Waals surface area contributed by atoms with Crippen LogP contribution in [0, 0.1) is 28.6 Å². The van der Waals surface area contributed by atoms with Crippen molar-refractivity contribution in [3.05, 3.63) is 58.2 Å². The Morgan fingerprint density at radius 3 is 2.50 bits per heavy atom. The van der Waals surface area contributed by atoms with Gasteiger partial charge >= 0.3 is 5.97 Å². The van der Waals surface area contributed by atoms with Crippen LogP contribution in [0.4, 0.5) is 0 Å². The van der Waals surface area contributed by atoms with Crippen LogP contribution >= 0.6 is 11.3 Å². The van der Waals surface area contributed by atoms with E-state index in [9.17, 15) is 24.0 Å². The van der Waals surface area contributed by atoms with Crippen molar-refractivity contribution in [1.82, 2.24) is 45.0 Å². The molecule has 0 aliphatic carbocycles. The fourth-order valence-electron chi connectivity index (χ4n) is 10.7. The highest BCUT2D eigenvalue weighted by Gasteiger charge is 2.52. The molecule has 4 aromatic rings. The molecule has 16 nitrogen and oxygen atoms in total. The average molecular weight is 1000 g/mol. The SMILES string of the molecule is CCn1c(-c2cccnc2[C@H](C)OC)c2c3cc(ccc31)-c1csc(n1)C[C@H](NC(=O)C(C(C)C)N1CCC3(CCN(C(=O)C#CC(C)(C)N(C)C)CC3)C1=O)C(=O)N1CCC[C@H](N1)C(=O)OCC(C)(C)C2. The van der Waals surface area contributed by atoms with Crippen molar-refractivity contribution >= 4 is 51.8 Å². The third-order valence-corrected chi connectivity index (χ3v) is 16.4. The van der Waals surface area contributed by atoms with Gasteiger partial charge in [0.2, 0.25) is 11.8 Å². The number of hydrazine groups is 1. The molecule has 4 amide bonds. The van der Waals surface area contributed by atoms with Gasteiger partial charge in [0.05, 0.1) is 45.8 Å². The fraction of sp³-hybridized carbons (Fsp3) is 0.582. The molecule has 3 aromatic heterocycles. The summed E-state index contributed by atoms with van der Waals surface area (Å²) in [5.74, 6) is 3.98. The van der Waals surface area contributed by atoms with Crippen molar-refractivity contribution in [3.8, 4) is 34.4 Å². The molecule has 1 unspecified atom stereocenters. The van der Waals surface area contributed by atoms with E-state index in [-0.39, 0.29) is 36.9 Å². The number of hydrogen-bond donors (Lipinski definition) is 2. The van der Waals surface area contributed by atoms with Crippen molar-refractivity contribution in [2.24, 2.45) is 16.7 Å². The summed E-state index contributed by atoms with van der Waals surface area (Å²) in [7, 11) is 5.53. The van der Waals surface area contributed by atoms with Crippen LogP contribution in [0.3, 0.4) is 0 Å². The number of hydrogen-bond acceptors (Lipinski definition) is 12. The molecule has 72 heavy (non-hydrogen) atoms. The summed E-state index contributed by atoms with van der Waals surface area (Å²) in [6.07, 6.45) is 4.73. The highest BCUT2D eigenvalue weighted by atomic mass is 32.1. The molecule has 6 bridgehead atoms. The van der Waals surface area contributed by atoms with Gasteiger partial charge in [-0.15, -0.1) is 11.3 Å². The number of thiazole rings is 1. The van der Waals surface area contributed by atoms with Crippen molar-refractivity contribution < 1.29 is 33.4 Å². The number of amides is 4. The number of nitrogens with one attached hydrogen (secondary N) is 2. The molecule has 2 N–H and O–H groups in total. The average Bonchev–Trinajstić information content (AvgIpc) is 4.05. The molecule has 17 heteroatoms. The summed E-state index contributed by atoms with van der Waals surface area (Å²) >= 11 is 1.42. The predicted molar refractivity (Wildman–Crippen MR) is 278 cm³/mol. The molecule has 1 aromatic carbocycles. The van der Waals surface area contributed by atoms with Crippen molar-refractivity contribution in [3.63, 3.8) is 0 Å². The normalized spacial score (nSPS) is 21.4. The van der Waals surface area contributed by atoms with Crippen LogP contribution < -0.4 is 10.7 Å². The number of benzene rings is 1. The van der Waals surface area contributed by atoms with E-state index in [1.54, 1.807) is 23.1 Å². The molecule has 7 heterocycles. The van der Waals surface area contributed by atoms with Crippen LogP contribution in [0.25, 0.3) is 33.4 Å². The maximum Gasteiger partial charge on any atom is 0.324 e. The quantitative estimate of drug-likeness (QED) is 0.140.